The summed E-state index contributed by atoms with van der Waals surface area (Å²) in [5, 5.41) is 6.03. The summed E-state index contributed by atoms with van der Waals surface area (Å²) < 4.78 is 19.6. The predicted molar refractivity (Wildman–Crippen MR) is 110 cm³/mol. The van der Waals surface area contributed by atoms with Gasteiger partial charge in [-0.05, 0) is 45.0 Å². The van der Waals surface area contributed by atoms with Gasteiger partial charge in [-0.25, -0.2) is 4.39 Å². The van der Waals surface area contributed by atoms with Crippen LogP contribution in [0.5, 0.6) is 5.75 Å². The first-order chi connectivity index (χ1) is 13.3. The average Bonchev–Trinajstić information content (AvgIpc) is 2.67. The molecule has 0 aliphatic rings. The molecule has 2 rings (SSSR count). The van der Waals surface area contributed by atoms with Gasteiger partial charge < -0.3 is 20.3 Å². The highest BCUT2D eigenvalue weighted by atomic mass is 19.1. The summed E-state index contributed by atoms with van der Waals surface area (Å²) in [5.74, 6) is 0.171. The van der Waals surface area contributed by atoms with Gasteiger partial charge in [0, 0.05) is 49.5 Å². The number of hydrogen-bond acceptors (Lipinski definition) is 5. The largest absolute Gasteiger partial charge is 0.495 e. The van der Waals surface area contributed by atoms with Gasteiger partial charge in [-0.15, -0.1) is 0 Å². The third-order valence-electron chi connectivity index (χ3n) is 4.69. The first kappa shape index (κ1) is 21.6. The highest BCUT2D eigenvalue weighted by molar-refractivity contribution is 5.91. The Morgan fingerprint density at radius 1 is 1.29 bits per heavy atom. The lowest BCUT2D eigenvalue weighted by Crippen LogP contribution is -2.26. The third kappa shape index (κ3) is 5.66. The topological polar surface area (TPSA) is 66.5 Å². The van der Waals surface area contributed by atoms with Crippen LogP contribution in [-0.2, 0) is 4.79 Å². The smallest absolute Gasteiger partial charge is 0.225 e. The Labute approximate surface area is 166 Å². The molecule has 1 aromatic carbocycles. The molecule has 0 saturated heterocycles. The van der Waals surface area contributed by atoms with Crippen molar-refractivity contribution in [2.24, 2.45) is 0 Å². The molecule has 1 heterocycles. The second kappa shape index (κ2) is 10.0. The minimum Gasteiger partial charge on any atom is -0.495 e. The Bertz CT molecular complexity index is 798. The molecule has 152 valence electrons. The third-order valence-corrected chi connectivity index (χ3v) is 4.69. The number of amides is 1. The summed E-state index contributed by atoms with van der Waals surface area (Å²) in [7, 11) is 3.44. The normalized spacial score (nSPS) is 12.0. The molecule has 0 fully saturated rings. The van der Waals surface area contributed by atoms with Gasteiger partial charge in [0.15, 0.2) is 0 Å². The number of rotatable bonds is 9. The van der Waals surface area contributed by atoms with Gasteiger partial charge in [0.1, 0.15) is 11.6 Å². The van der Waals surface area contributed by atoms with Crippen molar-refractivity contribution in [3.8, 4) is 5.75 Å². The van der Waals surface area contributed by atoms with Gasteiger partial charge >= 0.3 is 0 Å². The van der Waals surface area contributed by atoms with E-state index >= 15 is 0 Å². The van der Waals surface area contributed by atoms with Crippen LogP contribution in [0.15, 0.2) is 36.7 Å². The maximum Gasteiger partial charge on any atom is 0.225 e. The second-order valence-electron chi connectivity index (χ2n) is 6.96. The van der Waals surface area contributed by atoms with Crippen molar-refractivity contribution in [3.63, 3.8) is 0 Å². The number of hydrogen-bond donors (Lipinski definition) is 2. The predicted octanol–water partition coefficient (Wildman–Crippen LogP) is 3.75. The maximum absolute atomic E-state index is 14.3. The van der Waals surface area contributed by atoms with E-state index in [0.717, 1.165) is 5.56 Å². The Balaban J connectivity index is 1.86. The van der Waals surface area contributed by atoms with E-state index in [9.17, 15) is 9.18 Å². The highest BCUT2D eigenvalue weighted by Gasteiger charge is 2.13. The minimum atomic E-state index is -0.356. The Morgan fingerprint density at radius 3 is 2.68 bits per heavy atom. The van der Waals surface area contributed by atoms with Crippen LogP contribution >= 0.6 is 0 Å². The summed E-state index contributed by atoms with van der Waals surface area (Å²) in [6.07, 6.45) is 3.64. The molecule has 28 heavy (non-hydrogen) atoms. The van der Waals surface area contributed by atoms with Crippen molar-refractivity contribution in [2.75, 3.05) is 30.9 Å². The Kier molecular flexibility index (Phi) is 7.75. The SMILES string of the molecule is COc1cnccc1C(C)NCCC(=O)Nc1ccc(N(C)C(C)C)c(F)c1. The van der Waals surface area contributed by atoms with Crippen molar-refractivity contribution in [2.45, 2.75) is 39.3 Å². The number of carbonyl (C=O) groups is 1. The average molecular weight is 388 g/mol. The molecule has 1 unspecified atom stereocenters. The fraction of sp³-hybridized carbons (Fsp3) is 0.429. The summed E-state index contributed by atoms with van der Waals surface area (Å²) in [5.41, 5.74) is 1.94. The van der Waals surface area contributed by atoms with Gasteiger partial charge in [0.25, 0.3) is 0 Å². The molecule has 0 saturated carbocycles. The number of methoxy groups -OCH3 is 1. The molecule has 2 aromatic rings. The molecule has 0 aliphatic carbocycles. The Morgan fingerprint density at radius 2 is 2.04 bits per heavy atom. The number of halogens is 1. The van der Waals surface area contributed by atoms with Gasteiger partial charge in [0.05, 0.1) is 19.0 Å². The lowest BCUT2D eigenvalue weighted by Gasteiger charge is -2.24. The maximum atomic E-state index is 14.3. The molecule has 1 atom stereocenters. The number of anilines is 2. The van der Waals surface area contributed by atoms with E-state index in [0.29, 0.717) is 23.7 Å². The number of nitrogens with one attached hydrogen (secondary N) is 2. The fourth-order valence-electron chi connectivity index (χ4n) is 2.80. The highest BCUT2D eigenvalue weighted by Crippen LogP contribution is 2.24. The van der Waals surface area contributed by atoms with Gasteiger partial charge in [0.2, 0.25) is 5.91 Å². The molecule has 0 radical (unpaired) electrons. The summed E-state index contributed by atoms with van der Waals surface area (Å²) in [4.78, 5) is 18.1. The molecule has 7 heteroatoms. The van der Waals surface area contributed by atoms with Gasteiger partial charge in [-0.1, -0.05) is 0 Å². The number of aromatic nitrogens is 1. The first-order valence-corrected chi connectivity index (χ1v) is 9.37. The summed E-state index contributed by atoms with van der Waals surface area (Å²) in [6.45, 7) is 6.46. The lowest BCUT2D eigenvalue weighted by atomic mass is 10.1. The second-order valence-corrected chi connectivity index (χ2v) is 6.96. The van der Waals surface area contributed by atoms with Crippen LogP contribution in [0.25, 0.3) is 0 Å². The fourth-order valence-corrected chi connectivity index (χ4v) is 2.80. The van der Waals surface area contributed by atoms with E-state index in [1.807, 2.05) is 38.8 Å². The standard InChI is InChI=1S/C21H29FN4O2/c1-14(2)26(4)19-7-6-16(12-18(19)22)25-21(27)9-11-24-15(3)17-8-10-23-13-20(17)28-5/h6-8,10,12-15,24H,9,11H2,1-5H3,(H,25,27). The van der Waals surface area contributed by atoms with Gasteiger partial charge in [-0.3, -0.25) is 9.78 Å². The number of benzene rings is 1. The van der Waals surface area contributed by atoms with Crippen LogP contribution in [-0.4, -0.2) is 37.6 Å². The van der Waals surface area contributed by atoms with E-state index < -0.39 is 0 Å². The van der Waals surface area contributed by atoms with Crippen LogP contribution < -0.4 is 20.3 Å². The van der Waals surface area contributed by atoms with Crippen LogP contribution in [0.2, 0.25) is 0 Å². The monoisotopic (exact) mass is 388 g/mol. The summed E-state index contributed by atoms with van der Waals surface area (Å²) in [6, 6.07) is 6.82. The zero-order valence-corrected chi connectivity index (χ0v) is 17.1. The van der Waals surface area contributed by atoms with Crippen molar-refractivity contribution < 1.29 is 13.9 Å². The number of carbonyl (C=O) groups excluding carboxylic acids is 1. The van der Waals surface area contributed by atoms with Crippen molar-refractivity contribution in [3.05, 3.63) is 48.0 Å². The van der Waals surface area contributed by atoms with E-state index in [4.69, 9.17) is 4.74 Å². The molecule has 6 nitrogen and oxygen atoms in total. The minimum absolute atomic E-state index is 0.00838. The van der Waals surface area contributed by atoms with E-state index in [1.165, 1.54) is 6.07 Å². The quantitative estimate of drug-likeness (QED) is 0.685. The van der Waals surface area contributed by atoms with Crippen molar-refractivity contribution in [1.82, 2.24) is 10.3 Å². The zero-order chi connectivity index (χ0) is 20.7. The van der Waals surface area contributed by atoms with Crippen LogP contribution in [0, 0.1) is 5.82 Å². The molecule has 0 aliphatic heterocycles. The molecular weight excluding hydrogens is 359 g/mol. The van der Waals surface area contributed by atoms with E-state index in [-0.39, 0.29) is 30.2 Å². The summed E-state index contributed by atoms with van der Waals surface area (Å²) >= 11 is 0. The first-order valence-electron chi connectivity index (χ1n) is 9.37. The zero-order valence-electron chi connectivity index (χ0n) is 17.1. The molecule has 0 spiro atoms. The molecule has 0 bridgehead atoms. The van der Waals surface area contributed by atoms with Crippen molar-refractivity contribution >= 4 is 17.3 Å². The van der Waals surface area contributed by atoms with Crippen LogP contribution in [0.3, 0.4) is 0 Å². The molecule has 1 aromatic heterocycles. The molecule has 2 N–H and O–H groups in total. The van der Waals surface area contributed by atoms with Crippen LogP contribution in [0.1, 0.15) is 38.8 Å². The number of ether oxygens (including phenoxy) is 1. The van der Waals surface area contributed by atoms with Crippen molar-refractivity contribution in [1.29, 1.82) is 0 Å². The van der Waals surface area contributed by atoms with E-state index in [2.05, 4.69) is 15.6 Å². The van der Waals surface area contributed by atoms with Gasteiger partial charge in [-0.2, -0.15) is 0 Å². The van der Waals surface area contributed by atoms with Crippen LogP contribution in [0.4, 0.5) is 15.8 Å². The number of pyridine rings is 1. The lowest BCUT2D eigenvalue weighted by molar-refractivity contribution is -0.116. The molecule has 1 amide bonds. The Hall–Kier alpha value is -2.67. The van der Waals surface area contributed by atoms with E-state index in [1.54, 1.807) is 31.6 Å². The number of nitrogens with zero attached hydrogens (tertiary/aromatic N) is 2. The molecular formula is C21H29FN4O2.